The number of ether oxygens (including phenoxy) is 1. The number of fused-ring (bicyclic) bond motifs is 1. The number of pyridine rings is 2. The molecule has 4 aromatic rings. The minimum Gasteiger partial charge on any atom is -0.438 e. The molecule has 0 saturated heterocycles. The van der Waals surface area contributed by atoms with Crippen molar-refractivity contribution in [3.63, 3.8) is 0 Å². The summed E-state index contributed by atoms with van der Waals surface area (Å²) in [5, 5.41) is 5.09. The van der Waals surface area contributed by atoms with E-state index < -0.39 is 0 Å². The molecule has 0 aliphatic rings. The van der Waals surface area contributed by atoms with Gasteiger partial charge in [-0.15, -0.1) is 0 Å². The molecule has 0 amide bonds. The second kappa shape index (κ2) is 8.18. The predicted molar refractivity (Wildman–Crippen MR) is 108 cm³/mol. The van der Waals surface area contributed by atoms with Crippen molar-refractivity contribution >= 4 is 16.7 Å². The van der Waals surface area contributed by atoms with Gasteiger partial charge in [0.2, 0.25) is 5.88 Å². The van der Waals surface area contributed by atoms with E-state index in [4.69, 9.17) is 15.3 Å². The van der Waals surface area contributed by atoms with E-state index in [0.717, 1.165) is 16.5 Å². The maximum Gasteiger partial charge on any atom is 0.230 e. The number of para-hydroxylation sites is 2. The smallest absolute Gasteiger partial charge is 0.230 e. The topological polar surface area (TPSA) is 82.6 Å². The van der Waals surface area contributed by atoms with Crippen LogP contribution in [-0.2, 0) is 11.4 Å². The Morgan fingerprint density at radius 2 is 1.64 bits per heavy atom. The summed E-state index contributed by atoms with van der Waals surface area (Å²) in [6, 6.07) is 22.8. The zero-order chi connectivity index (χ0) is 19.2. The quantitative estimate of drug-likeness (QED) is 0.311. The summed E-state index contributed by atoms with van der Waals surface area (Å²) in [6.07, 6.45) is 3.39. The summed E-state index contributed by atoms with van der Waals surface area (Å²) in [5.41, 5.74) is 8.49. The molecule has 6 heteroatoms. The fourth-order valence-corrected chi connectivity index (χ4v) is 2.77. The van der Waals surface area contributed by atoms with E-state index in [1.807, 2.05) is 60.7 Å². The fourth-order valence-electron chi connectivity index (χ4n) is 2.77. The van der Waals surface area contributed by atoms with E-state index in [9.17, 15) is 0 Å². The van der Waals surface area contributed by atoms with Gasteiger partial charge in [0.25, 0.3) is 0 Å². The molecule has 2 N–H and O–H groups in total. The molecule has 28 heavy (non-hydrogen) atoms. The second-order valence-electron chi connectivity index (χ2n) is 6.01. The summed E-state index contributed by atoms with van der Waals surface area (Å²) in [6.45, 7) is 0.254. The SMILES string of the molecule is NC(=NOCc1cccc2cccnc12)c1cccnc1Oc1ccccc1. The largest absolute Gasteiger partial charge is 0.438 e. The number of hydrogen-bond acceptors (Lipinski definition) is 5. The van der Waals surface area contributed by atoms with E-state index >= 15 is 0 Å². The van der Waals surface area contributed by atoms with Crippen molar-refractivity contribution in [2.45, 2.75) is 6.61 Å². The zero-order valence-corrected chi connectivity index (χ0v) is 15.0. The highest BCUT2D eigenvalue weighted by molar-refractivity contribution is 5.99. The molecule has 2 aromatic carbocycles. The Balaban J connectivity index is 1.51. The molecular weight excluding hydrogens is 352 g/mol. The highest BCUT2D eigenvalue weighted by Gasteiger charge is 2.11. The minimum absolute atomic E-state index is 0.187. The van der Waals surface area contributed by atoms with E-state index in [1.54, 1.807) is 24.5 Å². The van der Waals surface area contributed by atoms with Gasteiger partial charge in [0.05, 0.1) is 11.1 Å². The van der Waals surface area contributed by atoms with Gasteiger partial charge in [-0.05, 0) is 30.3 Å². The number of nitrogens with two attached hydrogens (primary N) is 1. The molecule has 0 radical (unpaired) electrons. The van der Waals surface area contributed by atoms with E-state index in [2.05, 4.69) is 15.1 Å². The van der Waals surface area contributed by atoms with Crippen LogP contribution in [0.25, 0.3) is 10.9 Å². The Bertz CT molecular complexity index is 1110. The van der Waals surface area contributed by atoms with Crippen LogP contribution in [0.5, 0.6) is 11.6 Å². The number of hydrogen-bond donors (Lipinski definition) is 1. The number of rotatable bonds is 6. The van der Waals surface area contributed by atoms with Crippen molar-refractivity contribution in [3.05, 3.63) is 96.3 Å². The standard InChI is InChI=1S/C22H18N4O2/c23-21(19-12-6-14-25-22(19)28-18-10-2-1-3-11-18)26-27-15-17-8-4-7-16-9-5-13-24-20(16)17/h1-14H,15H2,(H2,23,26). The van der Waals surface area contributed by atoms with E-state index in [1.165, 1.54) is 0 Å². The number of benzene rings is 2. The summed E-state index contributed by atoms with van der Waals surface area (Å²) >= 11 is 0. The van der Waals surface area contributed by atoms with Crippen LogP contribution in [0.15, 0.2) is 90.3 Å². The number of oxime groups is 1. The highest BCUT2D eigenvalue weighted by atomic mass is 16.6. The summed E-state index contributed by atoms with van der Waals surface area (Å²) < 4.78 is 5.82. The lowest BCUT2D eigenvalue weighted by Crippen LogP contribution is -2.15. The molecular formula is C22H18N4O2. The third-order valence-corrected chi connectivity index (χ3v) is 4.10. The van der Waals surface area contributed by atoms with Crippen LogP contribution in [0.1, 0.15) is 11.1 Å². The van der Waals surface area contributed by atoms with Gasteiger partial charge in [0, 0.05) is 23.3 Å². The summed E-state index contributed by atoms with van der Waals surface area (Å²) in [4.78, 5) is 14.2. The lowest BCUT2D eigenvalue weighted by Gasteiger charge is -2.09. The minimum atomic E-state index is 0.187. The molecule has 0 bridgehead atoms. The van der Waals surface area contributed by atoms with Gasteiger partial charge in [-0.3, -0.25) is 4.98 Å². The van der Waals surface area contributed by atoms with Crippen LogP contribution < -0.4 is 10.5 Å². The van der Waals surface area contributed by atoms with Crippen molar-refractivity contribution in [1.29, 1.82) is 0 Å². The first-order chi connectivity index (χ1) is 13.8. The molecule has 0 aliphatic heterocycles. The first kappa shape index (κ1) is 17.5. The fraction of sp³-hybridized carbons (Fsp3) is 0.0455. The molecule has 0 aliphatic carbocycles. The second-order valence-corrected chi connectivity index (χ2v) is 6.01. The molecule has 2 aromatic heterocycles. The first-order valence-electron chi connectivity index (χ1n) is 8.77. The van der Waals surface area contributed by atoms with Crippen LogP contribution in [0.3, 0.4) is 0 Å². The van der Waals surface area contributed by atoms with Gasteiger partial charge in [-0.25, -0.2) is 4.98 Å². The Morgan fingerprint density at radius 1 is 0.857 bits per heavy atom. The normalized spacial score (nSPS) is 11.4. The average Bonchev–Trinajstić information content (AvgIpc) is 2.75. The van der Waals surface area contributed by atoms with Gasteiger partial charge in [-0.2, -0.15) is 0 Å². The summed E-state index contributed by atoms with van der Waals surface area (Å²) in [7, 11) is 0. The molecule has 0 fully saturated rings. The predicted octanol–water partition coefficient (Wildman–Crippen LogP) is 4.26. The van der Waals surface area contributed by atoms with Crippen LogP contribution >= 0.6 is 0 Å². The molecule has 138 valence electrons. The Morgan fingerprint density at radius 3 is 2.54 bits per heavy atom. The van der Waals surface area contributed by atoms with Crippen molar-refractivity contribution in [1.82, 2.24) is 9.97 Å². The molecule has 0 unspecified atom stereocenters. The number of amidine groups is 1. The third-order valence-electron chi connectivity index (χ3n) is 4.10. The Hall–Kier alpha value is -3.93. The molecule has 0 spiro atoms. The zero-order valence-electron chi connectivity index (χ0n) is 15.0. The van der Waals surface area contributed by atoms with Gasteiger partial charge < -0.3 is 15.3 Å². The number of nitrogens with zero attached hydrogens (tertiary/aromatic N) is 3. The number of aromatic nitrogens is 2. The van der Waals surface area contributed by atoms with E-state index in [0.29, 0.717) is 17.2 Å². The third kappa shape index (κ3) is 3.91. The van der Waals surface area contributed by atoms with Gasteiger partial charge in [-0.1, -0.05) is 47.6 Å². The van der Waals surface area contributed by atoms with Gasteiger partial charge >= 0.3 is 0 Å². The van der Waals surface area contributed by atoms with Gasteiger partial charge in [0.1, 0.15) is 12.4 Å². The van der Waals surface area contributed by atoms with Crippen LogP contribution in [0, 0.1) is 0 Å². The van der Waals surface area contributed by atoms with Crippen molar-refractivity contribution in [2.75, 3.05) is 0 Å². The van der Waals surface area contributed by atoms with Crippen molar-refractivity contribution < 1.29 is 9.57 Å². The maximum atomic E-state index is 6.12. The van der Waals surface area contributed by atoms with Crippen LogP contribution in [0.4, 0.5) is 0 Å². The molecule has 6 nitrogen and oxygen atoms in total. The Labute approximate surface area is 162 Å². The van der Waals surface area contributed by atoms with E-state index in [-0.39, 0.29) is 12.4 Å². The van der Waals surface area contributed by atoms with Crippen molar-refractivity contribution in [3.8, 4) is 11.6 Å². The highest BCUT2D eigenvalue weighted by Crippen LogP contribution is 2.22. The van der Waals surface area contributed by atoms with Crippen LogP contribution in [-0.4, -0.2) is 15.8 Å². The van der Waals surface area contributed by atoms with Crippen LogP contribution in [0.2, 0.25) is 0 Å². The molecule has 0 saturated carbocycles. The lowest BCUT2D eigenvalue weighted by atomic mass is 10.1. The Kier molecular flexibility index (Phi) is 5.11. The lowest BCUT2D eigenvalue weighted by molar-refractivity contribution is 0.131. The van der Waals surface area contributed by atoms with Gasteiger partial charge in [0.15, 0.2) is 5.84 Å². The first-order valence-corrected chi connectivity index (χ1v) is 8.77. The maximum absolute atomic E-state index is 6.12. The molecule has 0 atom stereocenters. The average molecular weight is 370 g/mol. The van der Waals surface area contributed by atoms with Crippen molar-refractivity contribution in [2.24, 2.45) is 10.9 Å². The molecule has 2 heterocycles. The summed E-state index contributed by atoms with van der Waals surface area (Å²) in [5.74, 6) is 1.22. The monoisotopic (exact) mass is 370 g/mol. The molecule has 4 rings (SSSR count).